The van der Waals surface area contributed by atoms with E-state index >= 15 is 0 Å². The van der Waals surface area contributed by atoms with Gasteiger partial charge in [0.25, 0.3) is 0 Å². The number of aliphatic imine (C=N–C) groups is 1. The van der Waals surface area contributed by atoms with Crippen LogP contribution in [0, 0.1) is 5.41 Å². The van der Waals surface area contributed by atoms with Crippen LogP contribution in [-0.2, 0) is 11.3 Å². The summed E-state index contributed by atoms with van der Waals surface area (Å²) in [6.07, 6.45) is 2.67. The normalized spacial score (nSPS) is 14.3. The zero-order valence-corrected chi connectivity index (χ0v) is 14.5. The molecule has 0 saturated carbocycles. The van der Waals surface area contributed by atoms with E-state index in [4.69, 9.17) is 0 Å². The van der Waals surface area contributed by atoms with Crippen LogP contribution in [0.2, 0.25) is 0 Å². The van der Waals surface area contributed by atoms with Crippen molar-refractivity contribution in [1.82, 2.24) is 0 Å². The number of amides is 1. The highest BCUT2D eigenvalue weighted by molar-refractivity contribution is 5.97. The third-order valence-corrected chi connectivity index (χ3v) is 4.24. The first-order valence-corrected chi connectivity index (χ1v) is 8.41. The van der Waals surface area contributed by atoms with Crippen LogP contribution < -0.4 is 5.32 Å². The Bertz CT molecular complexity index is 757. The topological polar surface area (TPSA) is 41.5 Å². The van der Waals surface area contributed by atoms with Crippen LogP contribution in [0.25, 0.3) is 0 Å². The van der Waals surface area contributed by atoms with Gasteiger partial charge >= 0.3 is 0 Å². The van der Waals surface area contributed by atoms with E-state index in [-0.39, 0.29) is 17.2 Å². The van der Waals surface area contributed by atoms with Crippen LogP contribution in [0.5, 0.6) is 0 Å². The summed E-state index contributed by atoms with van der Waals surface area (Å²) in [7, 11) is 0. The number of benzene rings is 2. The summed E-state index contributed by atoms with van der Waals surface area (Å²) in [4.78, 5) is 17.2. The molecular formula is C21H24N2O. The smallest absolute Gasteiger partial charge is 0.231 e. The van der Waals surface area contributed by atoms with Gasteiger partial charge in [-0.15, -0.1) is 0 Å². The molecular weight excluding hydrogens is 296 g/mol. The molecule has 2 aromatic rings. The number of hydrogen-bond acceptors (Lipinski definition) is 2. The molecule has 1 unspecified atom stereocenters. The Morgan fingerprint density at radius 1 is 1.17 bits per heavy atom. The van der Waals surface area contributed by atoms with E-state index in [2.05, 4.69) is 31.1 Å². The molecule has 0 aromatic heterocycles. The molecule has 0 bridgehead atoms. The highest BCUT2D eigenvalue weighted by Crippen LogP contribution is 2.32. The average molecular weight is 320 g/mol. The van der Waals surface area contributed by atoms with Crippen molar-refractivity contribution in [2.24, 2.45) is 10.4 Å². The molecule has 3 heteroatoms. The second-order valence-electron chi connectivity index (χ2n) is 7.60. The number of rotatable bonds is 4. The van der Waals surface area contributed by atoms with Crippen LogP contribution in [-0.4, -0.2) is 12.1 Å². The van der Waals surface area contributed by atoms with Gasteiger partial charge in [0.2, 0.25) is 5.91 Å². The molecule has 0 saturated heterocycles. The number of carbonyl (C=O) groups excluding carboxylic acids is 1. The van der Waals surface area contributed by atoms with Gasteiger partial charge in [0.1, 0.15) is 0 Å². The molecule has 3 rings (SSSR count). The standard InChI is InChI=1S/C21H24N2O/c1-21(2,3)12-19(15-7-5-4-6-8-15)20(24)23-18-10-9-16-13-22-14-17(16)11-18/h4-11,14,19H,12-13H2,1-3H3,(H,23,24). The molecule has 0 aliphatic carbocycles. The van der Waals surface area contributed by atoms with Gasteiger partial charge in [0.15, 0.2) is 0 Å². The lowest BCUT2D eigenvalue weighted by Crippen LogP contribution is -2.25. The van der Waals surface area contributed by atoms with E-state index in [0.717, 1.165) is 29.8 Å². The summed E-state index contributed by atoms with van der Waals surface area (Å²) in [6.45, 7) is 7.24. The molecule has 24 heavy (non-hydrogen) atoms. The lowest BCUT2D eigenvalue weighted by molar-refractivity contribution is -0.118. The first kappa shape index (κ1) is 16.4. The van der Waals surface area contributed by atoms with Crippen molar-refractivity contribution in [2.45, 2.75) is 39.7 Å². The van der Waals surface area contributed by atoms with Crippen LogP contribution >= 0.6 is 0 Å². The van der Waals surface area contributed by atoms with E-state index in [1.54, 1.807) is 0 Å². The van der Waals surface area contributed by atoms with Crippen LogP contribution in [0.15, 0.2) is 53.5 Å². The van der Waals surface area contributed by atoms with Crippen molar-refractivity contribution in [2.75, 3.05) is 5.32 Å². The van der Waals surface area contributed by atoms with E-state index < -0.39 is 0 Å². The molecule has 1 heterocycles. The van der Waals surface area contributed by atoms with E-state index in [1.807, 2.05) is 54.7 Å². The molecule has 0 fully saturated rings. The fourth-order valence-corrected chi connectivity index (χ4v) is 3.07. The molecule has 1 N–H and O–H groups in total. The summed E-state index contributed by atoms with van der Waals surface area (Å²) in [5.74, 6) is -0.112. The maximum absolute atomic E-state index is 12.9. The number of fused-ring (bicyclic) bond motifs is 1. The Morgan fingerprint density at radius 3 is 2.62 bits per heavy atom. The zero-order valence-electron chi connectivity index (χ0n) is 14.5. The predicted octanol–water partition coefficient (Wildman–Crippen LogP) is 4.78. The van der Waals surface area contributed by atoms with Gasteiger partial charge in [-0.05, 0) is 40.7 Å². The van der Waals surface area contributed by atoms with Crippen LogP contribution in [0.4, 0.5) is 5.69 Å². The van der Waals surface area contributed by atoms with Gasteiger partial charge in [0, 0.05) is 11.9 Å². The first-order valence-electron chi connectivity index (χ1n) is 8.41. The Kier molecular flexibility index (Phi) is 4.52. The lowest BCUT2D eigenvalue weighted by atomic mass is 9.81. The fraction of sp³-hybridized carbons (Fsp3) is 0.333. The van der Waals surface area contributed by atoms with Crippen LogP contribution in [0.3, 0.4) is 0 Å². The number of nitrogens with one attached hydrogen (secondary N) is 1. The predicted molar refractivity (Wildman–Crippen MR) is 99.6 cm³/mol. The number of anilines is 1. The van der Waals surface area contributed by atoms with Gasteiger partial charge in [-0.25, -0.2) is 0 Å². The maximum Gasteiger partial charge on any atom is 0.231 e. The summed E-state index contributed by atoms with van der Waals surface area (Å²) in [5, 5.41) is 3.09. The maximum atomic E-state index is 12.9. The summed E-state index contributed by atoms with van der Waals surface area (Å²) in [5.41, 5.74) is 4.28. The van der Waals surface area contributed by atoms with E-state index in [0.29, 0.717) is 0 Å². The molecule has 0 spiro atoms. The van der Waals surface area contributed by atoms with Gasteiger partial charge in [-0.2, -0.15) is 0 Å². The highest BCUT2D eigenvalue weighted by atomic mass is 16.1. The quantitative estimate of drug-likeness (QED) is 0.865. The van der Waals surface area contributed by atoms with E-state index in [1.165, 1.54) is 5.56 Å². The van der Waals surface area contributed by atoms with E-state index in [9.17, 15) is 4.79 Å². The third kappa shape index (κ3) is 3.91. The average Bonchev–Trinajstić information content (AvgIpc) is 3.00. The molecule has 1 atom stereocenters. The third-order valence-electron chi connectivity index (χ3n) is 4.24. The minimum absolute atomic E-state index is 0.0472. The molecule has 2 aromatic carbocycles. The summed E-state index contributed by atoms with van der Waals surface area (Å²) >= 11 is 0. The molecule has 3 nitrogen and oxygen atoms in total. The zero-order chi connectivity index (χ0) is 17.2. The number of nitrogens with zero attached hydrogens (tertiary/aromatic N) is 1. The summed E-state index contributed by atoms with van der Waals surface area (Å²) in [6, 6.07) is 16.0. The molecule has 124 valence electrons. The minimum atomic E-state index is -0.159. The SMILES string of the molecule is CC(C)(C)CC(C(=O)Nc1ccc2c(c1)C=NC2)c1ccccc1. The monoisotopic (exact) mass is 320 g/mol. The van der Waals surface area contributed by atoms with Crippen molar-refractivity contribution < 1.29 is 4.79 Å². The van der Waals surface area contributed by atoms with Crippen molar-refractivity contribution in [3.8, 4) is 0 Å². The first-order chi connectivity index (χ1) is 11.4. The minimum Gasteiger partial charge on any atom is -0.326 e. The molecule has 1 amide bonds. The Balaban J connectivity index is 1.82. The van der Waals surface area contributed by atoms with Gasteiger partial charge in [-0.1, -0.05) is 57.2 Å². The fourth-order valence-electron chi connectivity index (χ4n) is 3.07. The summed E-state index contributed by atoms with van der Waals surface area (Å²) < 4.78 is 0. The molecule has 1 aliphatic rings. The van der Waals surface area contributed by atoms with Gasteiger partial charge in [-0.3, -0.25) is 9.79 Å². The molecule has 0 radical (unpaired) electrons. The second kappa shape index (κ2) is 6.60. The second-order valence-corrected chi connectivity index (χ2v) is 7.60. The van der Waals surface area contributed by atoms with Crippen LogP contribution in [0.1, 0.15) is 49.8 Å². The van der Waals surface area contributed by atoms with Crippen molar-refractivity contribution in [3.63, 3.8) is 0 Å². The van der Waals surface area contributed by atoms with Crippen molar-refractivity contribution in [1.29, 1.82) is 0 Å². The highest BCUT2D eigenvalue weighted by Gasteiger charge is 2.26. The lowest BCUT2D eigenvalue weighted by Gasteiger charge is -2.26. The van der Waals surface area contributed by atoms with Gasteiger partial charge < -0.3 is 5.32 Å². The molecule has 1 aliphatic heterocycles. The Hall–Kier alpha value is -2.42. The van der Waals surface area contributed by atoms with Gasteiger partial charge in [0.05, 0.1) is 12.5 Å². The van der Waals surface area contributed by atoms with Crippen molar-refractivity contribution in [3.05, 3.63) is 65.2 Å². The Labute approximate surface area is 143 Å². The Morgan fingerprint density at radius 2 is 1.92 bits per heavy atom. The largest absolute Gasteiger partial charge is 0.326 e. The van der Waals surface area contributed by atoms with Crippen molar-refractivity contribution >= 4 is 17.8 Å². The number of carbonyl (C=O) groups is 1. The number of hydrogen-bond donors (Lipinski definition) is 1.